The van der Waals surface area contributed by atoms with Gasteiger partial charge in [-0.25, -0.2) is 9.27 Å². The maximum atomic E-state index is 14.9. The van der Waals surface area contributed by atoms with E-state index in [9.17, 15) is 22.3 Å². The fourth-order valence-electron chi connectivity index (χ4n) is 3.37. The number of nitrogens with zero attached hydrogens (tertiary/aromatic N) is 1. The van der Waals surface area contributed by atoms with Crippen LogP contribution in [0.25, 0.3) is 10.9 Å². The van der Waals surface area contributed by atoms with Crippen LogP contribution in [0.1, 0.15) is 21.6 Å². The fourth-order valence-corrected chi connectivity index (χ4v) is 3.64. The molecule has 0 bridgehead atoms. The van der Waals surface area contributed by atoms with Gasteiger partial charge in [-0.05, 0) is 30.3 Å². The molecular formula is C23H18F2N3O4S-. The molecule has 1 atom stereocenters. The Hall–Kier alpha value is -3.60. The molecule has 3 aromatic carbocycles. The van der Waals surface area contributed by atoms with Crippen LogP contribution in [-0.2, 0) is 21.6 Å². The monoisotopic (exact) mass is 470 g/mol. The van der Waals surface area contributed by atoms with Gasteiger partial charge in [0, 0.05) is 34.8 Å². The Kier molecular flexibility index (Phi) is 6.23. The molecule has 1 amide bonds. The normalized spacial score (nSPS) is 12.5. The van der Waals surface area contributed by atoms with Crippen molar-refractivity contribution in [3.63, 3.8) is 0 Å². The maximum absolute atomic E-state index is 14.9. The van der Waals surface area contributed by atoms with Crippen molar-refractivity contribution in [1.82, 2.24) is 4.98 Å². The summed E-state index contributed by atoms with van der Waals surface area (Å²) in [7, 11) is 1.42. The number of aromatic nitrogens is 1. The topological polar surface area (TPSA) is 97.5 Å². The maximum Gasteiger partial charge on any atom is 0.298 e. The molecule has 33 heavy (non-hydrogen) atoms. The molecule has 4 aromatic rings. The number of halogens is 2. The van der Waals surface area contributed by atoms with Gasteiger partial charge in [0.2, 0.25) is 0 Å². The Morgan fingerprint density at radius 3 is 2.48 bits per heavy atom. The van der Waals surface area contributed by atoms with Crippen molar-refractivity contribution in [3.8, 4) is 0 Å². The van der Waals surface area contributed by atoms with Crippen LogP contribution in [0.15, 0.2) is 78.9 Å². The van der Waals surface area contributed by atoms with Crippen LogP contribution in [0, 0.1) is 0 Å². The highest BCUT2D eigenvalue weighted by Gasteiger charge is 2.33. The van der Waals surface area contributed by atoms with Gasteiger partial charge in [0.25, 0.3) is 11.8 Å². The Balaban J connectivity index is 1.55. The first-order valence-corrected chi connectivity index (χ1v) is 10.7. The zero-order valence-corrected chi connectivity index (χ0v) is 18.1. The molecular weight excluding hydrogens is 452 g/mol. The van der Waals surface area contributed by atoms with Crippen molar-refractivity contribution < 1.29 is 26.6 Å². The summed E-state index contributed by atoms with van der Waals surface area (Å²) in [5, 5.41) is 4.38. The van der Waals surface area contributed by atoms with E-state index in [4.69, 9.17) is 0 Å². The molecule has 0 fully saturated rings. The number of carbonyl (C=O) groups excluding carboxylic acids is 1. The molecule has 0 spiro atoms. The lowest BCUT2D eigenvalue weighted by Gasteiger charge is -2.18. The van der Waals surface area contributed by atoms with Gasteiger partial charge in [-0.3, -0.25) is 4.79 Å². The third-order valence-corrected chi connectivity index (χ3v) is 5.35. The van der Waals surface area contributed by atoms with Gasteiger partial charge < -0.3 is 14.9 Å². The first kappa shape index (κ1) is 22.6. The molecule has 0 saturated heterocycles. The third kappa shape index (κ3) is 4.92. The Labute approximate surface area is 190 Å². The highest BCUT2D eigenvalue weighted by atomic mass is 32.2. The third-order valence-electron chi connectivity index (χ3n) is 5.01. The van der Waals surface area contributed by atoms with Crippen LogP contribution in [0.5, 0.6) is 0 Å². The second kappa shape index (κ2) is 9.10. The Bertz CT molecular complexity index is 1330. The fraction of sp³-hybridized carbons (Fsp3) is 0.0870. The number of rotatable bonds is 7. The van der Waals surface area contributed by atoms with E-state index in [2.05, 4.69) is 14.6 Å². The van der Waals surface area contributed by atoms with E-state index in [0.29, 0.717) is 16.6 Å². The molecule has 4 rings (SSSR count). The lowest BCUT2D eigenvalue weighted by atomic mass is 10.00. The first-order chi connectivity index (χ1) is 15.7. The van der Waals surface area contributed by atoms with Crippen LogP contribution in [-0.4, -0.2) is 26.7 Å². The SMILES string of the molecule is CN(OS(=O)[O-])c1ccc2cc(C(=O)Nc3cccc(C(F)(F)c4ccccc4)c3)[nH]c2c1. The van der Waals surface area contributed by atoms with Crippen molar-refractivity contribution >= 4 is 39.5 Å². The van der Waals surface area contributed by atoms with Crippen LogP contribution >= 0.6 is 0 Å². The molecule has 2 N–H and O–H groups in total. The minimum Gasteiger partial charge on any atom is -0.748 e. The Morgan fingerprint density at radius 1 is 1.03 bits per heavy atom. The molecule has 0 saturated carbocycles. The average Bonchev–Trinajstić information content (AvgIpc) is 3.23. The van der Waals surface area contributed by atoms with Crippen molar-refractivity contribution in [3.05, 3.63) is 95.7 Å². The average molecular weight is 470 g/mol. The number of hydrogen-bond acceptors (Lipinski definition) is 5. The molecule has 1 aromatic heterocycles. The van der Waals surface area contributed by atoms with Crippen LogP contribution < -0.4 is 10.4 Å². The van der Waals surface area contributed by atoms with E-state index in [0.717, 1.165) is 5.06 Å². The van der Waals surface area contributed by atoms with Crippen LogP contribution in [0.4, 0.5) is 20.2 Å². The smallest absolute Gasteiger partial charge is 0.298 e. The summed E-state index contributed by atoms with van der Waals surface area (Å²) in [5.74, 6) is -3.74. The summed E-state index contributed by atoms with van der Waals surface area (Å²) < 4.78 is 55.8. The number of nitrogens with one attached hydrogen (secondary N) is 2. The summed E-state index contributed by atoms with van der Waals surface area (Å²) >= 11 is -2.73. The molecule has 0 aliphatic carbocycles. The largest absolute Gasteiger partial charge is 0.748 e. The number of alkyl halides is 2. The van der Waals surface area contributed by atoms with E-state index < -0.39 is 23.2 Å². The first-order valence-electron chi connectivity index (χ1n) is 9.73. The number of carbonyl (C=O) groups is 1. The highest BCUT2D eigenvalue weighted by molar-refractivity contribution is 7.74. The second-order valence-electron chi connectivity index (χ2n) is 7.21. The number of hydroxylamine groups is 1. The molecule has 10 heteroatoms. The summed E-state index contributed by atoms with van der Waals surface area (Å²) in [6, 6.07) is 19.5. The minimum atomic E-state index is -3.22. The number of fused-ring (bicyclic) bond motifs is 1. The summed E-state index contributed by atoms with van der Waals surface area (Å²) in [6.45, 7) is 0. The van der Waals surface area contributed by atoms with E-state index in [1.54, 1.807) is 42.5 Å². The Morgan fingerprint density at radius 2 is 1.76 bits per heavy atom. The summed E-state index contributed by atoms with van der Waals surface area (Å²) in [5.41, 5.74) is 1.04. The molecule has 7 nitrogen and oxygen atoms in total. The molecule has 0 aliphatic rings. The van der Waals surface area contributed by atoms with Crippen molar-refractivity contribution in [1.29, 1.82) is 0 Å². The lowest BCUT2D eigenvalue weighted by Crippen LogP contribution is -2.18. The van der Waals surface area contributed by atoms with Gasteiger partial charge in [-0.2, -0.15) is 13.1 Å². The molecule has 0 aliphatic heterocycles. The quantitative estimate of drug-likeness (QED) is 0.301. The molecule has 0 radical (unpaired) electrons. The standard InChI is InChI=1S/C23H19F2N3O4S/c1-28(32-33(30)31)19-11-10-15-12-21(27-20(15)14-19)22(29)26-18-9-5-8-17(13-18)23(24,25)16-6-3-2-4-7-16/h2-14,27H,1H3,(H,26,29)(H,30,31)/p-1. The number of anilines is 2. The number of hydrogen-bond donors (Lipinski definition) is 2. The predicted molar refractivity (Wildman–Crippen MR) is 121 cm³/mol. The van der Waals surface area contributed by atoms with Crippen molar-refractivity contribution in [2.75, 3.05) is 17.4 Å². The van der Waals surface area contributed by atoms with Crippen LogP contribution in [0.3, 0.4) is 0 Å². The van der Waals surface area contributed by atoms with Crippen molar-refractivity contribution in [2.45, 2.75) is 5.92 Å². The van der Waals surface area contributed by atoms with Gasteiger partial charge in [-0.15, -0.1) is 0 Å². The number of benzene rings is 3. The van der Waals surface area contributed by atoms with E-state index in [1.165, 1.54) is 43.4 Å². The summed E-state index contributed by atoms with van der Waals surface area (Å²) in [6.07, 6.45) is 0. The minimum absolute atomic E-state index is 0.144. The van der Waals surface area contributed by atoms with Gasteiger partial charge in [0.15, 0.2) is 0 Å². The summed E-state index contributed by atoms with van der Waals surface area (Å²) in [4.78, 5) is 15.7. The van der Waals surface area contributed by atoms with Crippen LogP contribution in [0.2, 0.25) is 0 Å². The number of H-pyrrole nitrogens is 1. The highest BCUT2D eigenvalue weighted by Crippen LogP contribution is 2.36. The number of aromatic amines is 1. The molecule has 1 unspecified atom stereocenters. The van der Waals surface area contributed by atoms with Gasteiger partial charge in [0.05, 0.1) is 5.69 Å². The van der Waals surface area contributed by atoms with Gasteiger partial charge in [-0.1, -0.05) is 48.5 Å². The van der Waals surface area contributed by atoms with E-state index in [-0.39, 0.29) is 22.5 Å². The zero-order chi connectivity index (χ0) is 23.6. The zero-order valence-electron chi connectivity index (χ0n) is 17.2. The lowest BCUT2D eigenvalue weighted by molar-refractivity contribution is 0.0429. The number of amides is 1. The second-order valence-corrected chi connectivity index (χ2v) is 7.76. The van der Waals surface area contributed by atoms with Crippen molar-refractivity contribution in [2.24, 2.45) is 0 Å². The molecule has 170 valence electrons. The van der Waals surface area contributed by atoms with Gasteiger partial charge >= 0.3 is 0 Å². The van der Waals surface area contributed by atoms with Gasteiger partial charge in [0.1, 0.15) is 17.1 Å². The molecule has 1 heterocycles. The van der Waals surface area contributed by atoms with E-state index >= 15 is 0 Å². The van der Waals surface area contributed by atoms with E-state index in [1.807, 2.05) is 0 Å². The predicted octanol–water partition coefficient (Wildman–Crippen LogP) is 4.72.